The van der Waals surface area contributed by atoms with Crippen LogP contribution in [-0.2, 0) is 9.53 Å². The van der Waals surface area contributed by atoms with Crippen LogP contribution in [0, 0.1) is 5.92 Å². The molecule has 0 spiro atoms. The highest BCUT2D eigenvalue weighted by Crippen LogP contribution is 2.09. The van der Waals surface area contributed by atoms with Crippen LogP contribution in [-0.4, -0.2) is 48.6 Å². The molecule has 2 atom stereocenters. The Morgan fingerprint density at radius 1 is 1.47 bits per heavy atom. The van der Waals surface area contributed by atoms with Gasteiger partial charge in [0.15, 0.2) is 0 Å². The van der Waals surface area contributed by atoms with E-state index < -0.39 is 0 Å². The Bertz CT molecular complexity index is 182. The van der Waals surface area contributed by atoms with E-state index in [4.69, 9.17) is 14.9 Å². The minimum Gasteiger partial charge on any atom is -0.396 e. The third kappa shape index (κ3) is 5.11. The summed E-state index contributed by atoms with van der Waals surface area (Å²) in [6.07, 6.45) is 1.82. The minimum absolute atomic E-state index is 0.0512. The van der Waals surface area contributed by atoms with Crippen LogP contribution in [0.3, 0.4) is 0 Å². The molecule has 0 bridgehead atoms. The number of amides is 1. The summed E-state index contributed by atoms with van der Waals surface area (Å²) in [5, 5.41) is 19.8. The summed E-state index contributed by atoms with van der Waals surface area (Å²) in [5.41, 5.74) is 0. The molecule has 5 nitrogen and oxygen atoms in total. The van der Waals surface area contributed by atoms with Crippen LogP contribution in [0.2, 0.25) is 0 Å². The molecule has 1 amide bonds. The molecule has 0 aliphatic carbocycles. The molecule has 0 radical (unpaired) electrons. The van der Waals surface area contributed by atoms with E-state index >= 15 is 0 Å². The molecule has 0 aromatic heterocycles. The number of aliphatic hydroxyl groups is 2. The Morgan fingerprint density at radius 2 is 2.27 bits per heavy atom. The summed E-state index contributed by atoms with van der Waals surface area (Å²) in [7, 11) is 0. The molecule has 2 saturated heterocycles. The van der Waals surface area contributed by atoms with Crippen molar-refractivity contribution < 1.29 is 19.7 Å². The molecular weight excluding hydrogens is 198 g/mol. The van der Waals surface area contributed by atoms with Crippen molar-refractivity contribution in [3.8, 4) is 0 Å². The molecule has 15 heavy (non-hydrogen) atoms. The molecule has 2 aliphatic rings. The number of aliphatic hydroxyl groups excluding tert-OH is 2. The Balaban J connectivity index is 0.000000151. The fraction of sp³-hybridized carbons (Fsp3) is 0.900. The summed E-state index contributed by atoms with van der Waals surface area (Å²) in [6, 6.07) is 0. The lowest BCUT2D eigenvalue weighted by molar-refractivity contribution is -0.123. The van der Waals surface area contributed by atoms with Crippen molar-refractivity contribution in [1.82, 2.24) is 5.32 Å². The van der Waals surface area contributed by atoms with Crippen LogP contribution in [0.5, 0.6) is 0 Å². The van der Waals surface area contributed by atoms with E-state index in [1.165, 1.54) is 0 Å². The Kier molecular flexibility index (Phi) is 5.60. The summed E-state index contributed by atoms with van der Waals surface area (Å²) in [5.74, 6) is 0.482. The third-order valence-corrected chi connectivity index (χ3v) is 2.52. The Morgan fingerprint density at radius 3 is 2.60 bits per heavy atom. The Hall–Kier alpha value is -0.650. The molecule has 2 heterocycles. The minimum atomic E-state index is -0.312. The smallest absolute Gasteiger partial charge is 0.220 e. The van der Waals surface area contributed by atoms with Gasteiger partial charge < -0.3 is 20.3 Å². The van der Waals surface area contributed by atoms with Gasteiger partial charge in [0.1, 0.15) is 0 Å². The fourth-order valence-electron chi connectivity index (χ4n) is 1.45. The van der Waals surface area contributed by atoms with E-state index in [2.05, 4.69) is 5.32 Å². The van der Waals surface area contributed by atoms with Crippen molar-refractivity contribution in [3.63, 3.8) is 0 Å². The quantitative estimate of drug-likeness (QED) is 0.541. The molecular formula is C10H19NO4. The van der Waals surface area contributed by atoms with Gasteiger partial charge in [-0.1, -0.05) is 0 Å². The fourth-order valence-corrected chi connectivity index (χ4v) is 1.45. The van der Waals surface area contributed by atoms with Crippen molar-refractivity contribution >= 4 is 5.91 Å². The number of hydrogen-bond acceptors (Lipinski definition) is 4. The molecule has 88 valence electrons. The van der Waals surface area contributed by atoms with Gasteiger partial charge in [-0.15, -0.1) is 0 Å². The van der Waals surface area contributed by atoms with Gasteiger partial charge >= 0.3 is 0 Å². The van der Waals surface area contributed by atoms with Crippen LogP contribution < -0.4 is 5.32 Å². The zero-order valence-electron chi connectivity index (χ0n) is 8.82. The molecule has 2 aliphatic heterocycles. The third-order valence-electron chi connectivity index (χ3n) is 2.52. The average molecular weight is 217 g/mol. The first-order valence-electron chi connectivity index (χ1n) is 5.35. The van der Waals surface area contributed by atoms with E-state index in [9.17, 15) is 4.79 Å². The maximum absolute atomic E-state index is 10.4. The molecule has 2 fully saturated rings. The zero-order valence-corrected chi connectivity index (χ0v) is 8.82. The lowest BCUT2D eigenvalue weighted by Crippen LogP contribution is -2.37. The van der Waals surface area contributed by atoms with Gasteiger partial charge in [-0.3, -0.25) is 4.79 Å². The lowest BCUT2D eigenvalue weighted by Gasteiger charge is -2.16. The summed E-state index contributed by atoms with van der Waals surface area (Å²) >= 11 is 0. The van der Waals surface area contributed by atoms with Crippen LogP contribution in [0.1, 0.15) is 19.3 Å². The highest BCUT2D eigenvalue weighted by atomic mass is 16.5. The van der Waals surface area contributed by atoms with Crippen LogP contribution in [0.25, 0.3) is 0 Å². The van der Waals surface area contributed by atoms with E-state index in [1.807, 2.05) is 0 Å². The van der Waals surface area contributed by atoms with Crippen LogP contribution >= 0.6 is 0 Å². The second-order valence-corrected chi connectivity index (χ2v) is 3.91. The average Bonchev–Trinajstić information content (AvgIpc) is 2.76. The van der Waals surface area contributed by atoms with Gasteiger partial charge in [0.05, 0.1) is 12.7 Å². The largest absolute Gasteiger partial charge is 0.396 e. The first-order valence-corrected chi connectivity index (χ1v) is 5.35. The number of carbonyl (C=O) groups excluding carboxylic acids is 1. The van der Waals surface area contributed by atoms with Gasteiger partial charge in [-0.25, -0.2) is 0 Å². The van der Waals surface area contributed by atoms with Gasteiger partial charge in [-0.05, 0) is 12.8 Å². The first kappa shape index (κ1) is 12.4. The first-order chi connectivity index (χ1) is 7.22. The number of carbonyl (C=O) groups is 1. The monoisotopic (exact) mass is 217 g/mol. The highest BCUT2D eigenvalue weighted by molar-refractivity contribution is 5.76. The van der Waals surface area contributed by atoms with E-state index in [0.29, 0.717) is 31.9 Å². The predicted molar refractivity (Wildman–Crippen MR) is 54.3 cm³/mol. The number of rotatable bonds is 1. The van der Waals surface area contributed by atoms with Crippen LogP contribution in [0.4, 0.5) is 0 Å². The number of β-amino-alcohol motifs (C(OH)–C–C–N with tert-alkyl or cyclic N) is 1. The number of hydrogen-bond donors (Lipinski definition) is 3. The summed E-state index contributed by atoms with van der Waals surface area (Å²) < 4.78 is 4.99. The molecule has 2 unspecified atom stereocenters. The van der Waals surface area contributed by atoms with Crippen molar-refractivity contribution in [2.24, 2.45) is 5.92 Å². The van der Waals surface area contributed by atoms with Crippen molar-refractivity contribution in [2.45, 2.75) is 25.4 Å². The van der Waals surface area contributed by atoms with Gasteiger partial charge in [-0.2, -0.15) is 0 Å². The number of nitrogens with one attached hydrogen (secondary N) is 1. The van der Waals surface area contributed by atoms with E-state index in [1.54, 1.807) is 0 Å². The molecule has 2 rings (SSSR count). The number of ether oxygens (including phenoxy) is 1. The number of piperidine rings is 1. The SMILES string of the molecule is O=C1CCC(O)CN1.OCC1CCOC1. The second-order valence-electron chi connectivity index (χ2n) is 3.91. The molecule has 3 N–H and O–H groups in total. The normalized spacial score (nSPS) is 30.4. The molecule has 5 heteroatoms. The van der Waals surface area contributed by atoms with E-state index in [-0.39, 0.29) is 12.0 Å². The van der Waals surface area contributed by atoms with E-state index in [0.717, 1.165) is 19.6 Å². The van der Waals surface area contributed by atoms with Gasteiger partial charge in [0.2, 0.25) is 5.91 Å². The maximum Gasteiger partial charge on any atom is 0.220 e. The maximum atomic E-state index is 10.4. The topological polar surface area (TPSA) is 78.8 Å². The van der Waals surface area contributed by atoms with Gasteiger partial charge in [0.25, 0.3) is 0 Å². The van der Waals surface area contributed by atoms with Gasteiger partial charge in [0, 0.05) is 32.1 Å². The second kappa shape index (κ2) is 6.76. The predicted octanol–water partition coefficient (Wildman–Crippen LogP) is -0.728. The Labute approximate surface area is 89.4 Å². The lowest BCUT2D eigenvalue weighted by atomic mass is 10.1. The molecule has 0 saturated carbocycles. The molecule has 0 aromatic carbocycles. The zero-order chi connectivity index (χ0) is 11.1. The summed E-state index contributed by atoms with van der Waals surface area (Å²) in [4.78, 5) is 10.4. The van der Waals surface area contributed by atoms with Crippen molar-refractivity contribution in [2.75, 3.05) is 26.4 Å². The van der Waals surface area contributed by atoms with Crippen molar-refractivity contribution in [3.05, 3.63) is 0 Å². The standard InChI is InChI=1S/C5H9NO2.C5H10O2/c7-4-1-2-5(8)6-3-4;6-3-5-1-2-7-4-5/h4,7H,1-3H2,(H,6,8);5-6H,1-4H2. The van der Waals surface area contributed by atoms with Crippen LogP contribution in [0.15, 0.2) is 0 Å². The molecule has 0 aromatic rings. The highest BCUT2D eigenvalue weighted by Gasteiger charge is 2.14. The van der Waals surface area contributed by atoms with Crippen molar-refractivity contribution in [1.29, 1.82) is 0 Å². The summed E-state index contributed by atoms with van der Waals surface area (Å²) in [6.45, 7) is 2.32.